The SMILES string of the molecule is CC(C)(N)C(CC(=O)O)c1ccncn1. The Morgan fingerprint density at radius 3 is 2.73 bits per heavy atom. The Balaban J connectivity index is 2.97. The van der Waals surface area contributed by atoms with E-state index in [1.54, 1.807) is 26.1 Å². The summed E-state index contributed by atoms with van der Waals surface area (Å²) in [4.78, 5) is 18.6. The van der Waals surface area contributed by atoms with E-state index in [0.29, 0.717) is 5.69 Å². The fraction of sp³-hybridized carbons (Fsp3) is 0.500. The van der Waals surface area contributed by atoms with Gasteiger partial charge in [-0.15, -0.1) is 0 Å². The van der Waals surface area contributed by atoms with Crippen LogP contribution < -0.4 is 5.73 Å². The van der Waals surface area contributed by atoms with E-state index < -0.39 is 11.5 Å². The Labute approximate surface area is 88.4 Å². The summed E-state index contributed by atoms with van der Waals surface area (Å²) in [5.41, 5.74) is 5.98. The van der Waals surface area contributed by atoms with Crippen molar-refractivity contribution in [1.82, 2.24) is 9.97 Å². The minimum atomic E-state index is -0.878. The molecule has 0 fully saturated rings. The third-order valence-corrected chi connectivity index (χ3v) is 2.24. The number of carboxylic acid groups (broad SMARTS) is 1. The monoisotopic (exact) mass is 209 g/mol. The minimum absolute atomic E-state index is 0.0273. The smallest absolute Gasteiger partial charge is 0.304 e. The van der Waals surface area contributed by atoms with Crippen LogP contribution in [0.2, 0.25) is 0 Å². The van der Waals surface area contributed by atoms with E-state index in [4.69, 9.17) is 10.8 Å². The van der Waals surface area contributed by atoms with Gasteiger partial charge in [-0.25, -0.2) is 9.97 Å². The summed E-state index contributed by atoms with van der Waals surface area (Å²) in [6.45, 7) is 3.59. The van der Waals surface area contributed by atoms with Crippen LogP contribution in [0.4, 0.5) is 0 Å². The number of carbonyl (C=O) groups is 1. The summed E-state index contributed by atoms with van der Waals surface area (Å²) in [6.07, 6.45) is 2.96. The molecule has 1 aromatic rings. The Morgan fingerprint density at radius 2 is 2.33 bits per heavy atom. The van der Waals surface area contributed by atoms with E-state index in [1.807, 2.05) is 0 Å². The maximum atomic E-state index is 10.7. The average molecular weight is 209 g/mol. The maximum absolute atomic E-state index is 10.7. The lowest BCUT2D eigenvalue weighted by Gasteiger charge is -2.28. The van der Waals surface area contributed by atoms with Crippen molar-refractivity contribution in [3.05, 3.63) is 24.3 Å². The fourth-order valence-electron chi connectivity index (χ4n) is 1.43. The summed E-state index contributed by atoms with van der Waals surface area (Å²) >= 11 is 0. The number of aliphatic carboxylic acids is 1. The quantitative estimate of drug-likeness (QED) is 0.764. The van der Waals surface area contributed by atoms with Crippen molar-refractivity contribution < 1.29 is 9.90 Å². The molecule has 0 aliphatic rings. The van der Waals surface area contributed by atoms with Crippen molar-refractivity contribution in [1.29, 1.82) is 0 Å². The van der Waals surface area contributed by atoms with E-state index in [0.717, 1.165) is 0 Å². The van der Waals surface area contributed by atoms with Gasteiger partial charge in [-0.2, -0.15) is 0 Å². The van der Waals surface area contributed by atoms with Crippen molar-refractivity contribution in [2.24, 2.45) is 5.73 Å². The first-order chi connectivity index (χ1) is 6.91. The van der Waals surface area contributed by atoms with Crippen molar-refractivity contribution in [3.8, 4) is 0 Å². The number of hydrogen-bond acceptors (Lipinski definition) is 4. The van der Waals surface area contributed by atoms with Gasteiger partial charge in [0.1, 0.15) is 6.33 Å². The van der Waals surface area contributed by atoms with Crippen molar-refractivity contribution in [2.45, 2.75) is 31.7 Å². The Hall–Kier alpha value is -1.49. The molecule has 1 aromatic heterocycles. The topological polar surface area (TPSA) is 89.1 Å². The second-order valence-electron chi connectivity index (χ2n) is 4.11. The van der Waals surface area contributed by atoms with E-state index in [9.17, 15) is 4.79 Å². The molecule has 5 heteroatoms. The van der Waals surface area contributed by atoms with Crippen LogP contribution in [0.15, 0.2) is 18.6 Å². The molecule has 1 atom stereocenters. The third kappa shape index (κ3) is 3.28. The first-order valence-electron chi connectivity index (χ1n) is 4.68. The van der Waals surface area contributed by atoms with Gasteiger partial charge in [0.05, 0.1) is 6.42 Å². The van der Waals surface area contributed by atoms with E-state index >= 15 is 0 Å². The van der Waals surface area contributed by atoms with Crippen LogP contribution in [0.25, 0.3) is 0 Å². The predicted molar refractivity (Wildman–Crippen MR) is 55.3 cm³/mol. The summed E-state index contributed by atoms with van der Waals surface area (Å²) < 4.78 is 0. The molecule has 0 amide bonds. The highest BCUT2D eigenvalue weighted by Crippen LogP contribution is 2.27. The number of nitrogens with zero attached hydrogens (tertiary/aromatic N) is 2. The zero-order valence-electron chi connectivity index (χ0n) is 8.84. The Kier molecular flexibility index (Phi) is 3.36. The molecule has 0 bridgehead atoms. The highest BCUT2D eigenvalue weighted by molar-refractivity contribution is 5.68. The second kappa shape index (κ2) is 4.35. The Bertz CT molecular complexity index is 332. The van der Waals surface area contributed by atoms with E-state index in [2.05, 4.69) is 9.97 Å². The number of hydrogen-bond donors (Lipinski definition) is 2. The second-order valence-corrected chi connectivity index (χ2v) is 4.11. The van der Waals surface area contributed by atoms with Gasteiger partial charge in [0.2, 0.25) is 0 Å². The molecular weight excluding hydrogens is 194 g/mol. The van der Waals surface area contributed by atoms with Gasteiger partial charge in [-0.05, 0) is 19.9 Å². The van der Waals surface area contributed by atoms with Crippen LogP contribution in [0.3, 0.4) is 0 Å². The predicted octanol–water partition coefficient (Wildman–Crippen LogP) is 0.772. The average Bonchev–Trinajstić information content (AvgIpc) is 2.14. The molecule has 0 aliphatic heterocycles. The van der Waals surface area contributed by atoms with Gasteiger partial charge in [0.25, 0.3) is 0 Å². The summed E-state index contributed by atoms with van der Waals surface area (Å²) in [7, 11) is 0. The molecule has 0 saturated carbocycles. The molecule has 0 spiro atoms. The normalized spacial score (nSPS) is 13.5. The summed E-state index contributed by atoms with van der Waals surface area (Å²) in [5.74, 6) is -1.19. The van der Waals surface area contributed by atoms with Crippen molar-refractivity contribution in [2.75, 3.05) is 0 Å². The molecule has 1 rings (SSSR count). The van der Waals surface area contributed by atoms with E-state index in [-0.39, 0.29) is 12.3 Å². The van der Waals surface area contributed by atoms with Gasteiger partial charge in [-0.3, -0.25) is 4.79 Å². The number of aromatic nitrogens is 2. The fourth-order valence-corrected chi connectivity index (χ4v) is 1.43. The lowest BCUT2D eigenvalue weighted by molar-refractivity contribution is -0.137. The summed E-state index contributed by atoms with van der Waals surface area (Å²) in [6, 6.07) is 1.70. The maximum Gasteiger partial charge on any atom is 0.304 e. The lowest BCUT2D eigenvalue weighted by Crippen LogP contribution is -2.40. The van der Waals surface area contributed by atoms with Crippen LogP contribution in [0.5, 0.6) is 0 Å². The molecule has 0 saturated heterocycles. The zero-order valence-corrected chi connectivity index (χ0v) is 8.84. The van der Waals surface area contributed by atoms with E-state index in [1.165, 1.54) is 6.33 Å². The molecule has 1 heterocycles. The first-order valence-corrected chi connectivity index (χ1v) is 4.68. The van der Waals surface area contributed by atoms with Crippen LogP contribution in [-0.2, 0) is 4.79 Å². The van der Waals surface area contributed by atoms with Gasteiger partial charge in [0, 0.05) is 23.3 Å². The molecule has 5 nitrogen and oxygen atoms in total. The minimum Gasteiger partial charge on any atom is -0.481 e. The first kappa shape index (κ1) is 11.6. The van der Waals surface area contributed by atoms with Gasteiger partial charge in [-0.1, -0.05) is 0 Å². The zero-order chi connectivity index (χ0) is 11.5. The molecule has 0 aromatic carbocycles. The van der Waals surface area contributed by atoms with Gasteiger partial charge >= 0.3 is 5.97 Å². The third-order valence-electron chi connectivity index (χ3n) is 2.24. The molecule has 0 aliphatic carbocycles. The Morgan fingerprint density at radius 1 is 1.67 bits per heavy atom. The van der Waals surface area contributed by atoms with Gasteiger partial charge in [0.15, 0.2) is 0 Å². The van der Waals surface area contributed by atoms with Crippen molar-refractivity contribution in [3.63, 3.8) is 0 Å². The molecular formula is C10H15N3O2. The molecule has 82 valence electrons. The number of rotatable bonds is 4. The number of nitrogens with two attached hydrogens (primary N) is 1. The molecule has 15 heavy (non-hydrogen) atoms. The number of carboxylic acids is 1. The molecule has 1 unspecified atom stereocenters. The molecule has 3 N–H and O–H groups in total. The lowest BCUT2D eigenvalue weighted by atomic mass is 9.83. The van der Waals surface area contributed by atoms with Crippen LogP contribution in [0, 0.1) is 0 Å². The highest BCUT2D eigenvalue weighted by atomic mass is 16.4. The van der Waals surface area contributed by atoms with Gasteiger partial charge < -0.3 is 10.8 Å². The summed E-state index contributed by atoms with van der Waals surface area (Å²) in [5, 5.41) is 8.81. The largest absolute Gasteiger partial charge is 0.481 e. The van der Waals surface area contributed by atoms with Crippen LogP contribution >= 0.6 is 0 Å². The molecule has 0 radical (unpaired) electrons. The van der Waals surface area contributed by atoms with Crippen LogP contribution in [0.1, 0.15) is 31.9 Å². The van der Waals surface area contributed by atoms with Crippen molar-refractivity contribution >= 4 is 5.97 Å². The highest BCUT2D eigenvalue weighted by Gasteiger charge is 2.29. The standard InChI is InChI=1S/C10H15N3O2/c1-10(2,11)7(5-9(14)15)8-3-4-12-6-13-8/h3-4,6-7H,5,11H2,1-2H3,(H,14,15). The van der Waals surface area contributed by atoms with Crippen LogP contribution in [-0.4, -0.2) is 26.6 Å².